The van der Waals surface area contributed by atoms with Crippen LogP contribution in [0.25, 0.3) is 21.8 Å². The third-order valence-corrected chi connectivity index (χ3v) is 11.0. The Morgan fingerprint density at radius 3 is 1.91 bits per heavy atom. The van der Waals surface area contributed by atoms with Gasteiger partial charge in [0.1, 0.15) is 0 Å². The summed E-state index contributed by atoms with van der Waals surface area (Å²) in [7, 11) is 3.95. The maximum Gasteiger partial charge on any atom is 0.179 e. The SMILES string of the molecule is C[C@H]1C[C@@]1(CC(=O)c1cc2cc(Br)ccc2[nH]1)c1ccn(C)c1.Cc1ccc2[nH]c(C(=O)C[C@]3(c4cnn(C)c4)C[C@H]3C)cc2c1. The number of carbonyl (C=O) groups is 2. The molecule has 0 radical (unpaired) electrons. The zero-order chi connectivity index (χ0) is 32.4. The smallest absolute Gasteiger partial charge is 0.179 e. The first-order valence-corrected chi connectivity index (χ1v) is 16.8. The minimum atomic E-state index is -0.0292. The molecule has 2 fully saturated rings. The molecule has 0 bridgehead atoms. The standard InChI is InChI=1S/C19H19BrN2O.C19H21N3O/c1-12-9-19(12,14-5-6-22(2)11-14)10-18(23)17-8-13-7-15(20)3-4-16(13)21-17;1-12-4-5-16-14(6-12)7-17(21-16)18(23)9-19(8-13(19)2)15-10-20-22(3)11-15/h3-8,11-12,21H,9-10H2,1-2H3;4-7,10-11,13,21H,8-9H2,1-3H3/t12-,19-;13-,19-/m01/s1. The quantitative estimate of drug-likeness (QED) is 0.158. The molecule has 4 aromatic heterocycles. The lowest BCUT2D eigenvalue weighted by atomic mass is 9.89. The highest BCUT2D eigenvalue weighted by Gasteiger charge is 2.54. The first kappa shape index (κ1) is 30.5. The maximum absolute atomic E-state index is 12.8. The van der Waals surface area contributed by atoms with Crippen LogP contribution in [0.1, 0.15) is 77.2 Å². The number of aromatic amines is 2. The molecule has 0 saturated heterocycles. The van der Waals surface area contributed by atoms with Gasteiger partial charge in [-0.05, 0) is 91.3 Å². The van der Waals surface area contributed by atoms with E-state index < -0.39 is 0 Å². The van der Waals surface area contributed by atoms with E-state index in [0.717, 1.165) is 39.1 Å². The average molecular weight is 679 g/mol. The summed E-state index contributed by atoms with van der Waals surface area (Å²) in [6.45, 7) is 6.52. The Balaban J connectivity index is 0.000000147. The van der Waals surface area contributed by atoms with E-state index in [1.807, 2.05) is 67.6 Å². The van der Waals surface area contributed by atoms with Crippen molar-refractivity contribution in [2.24, 2.45) is 25.9 Å². The number of aryl methyl sites for hydroxylation is 3. The second-order valence-corrected chi connectivity index (χ2v) is 14.8. The second kappa shape index (κ2) is 11.3. The lowest BCUT2D eigenvalue weighted by Crippen LogP contribution is -2.15. The van der Waals surface area contributed by atoms with Gasteiger partial charge in [-0.3, -0.25) is 14.3 Å². The fourth-order valence-corrected chi connectivity index (χ4v) is 7.75. The number of carbonyl (C=O) groups excluding carboxylic acids is 2. The molecule has 236 valence electrons. The Morgan fingerprint density at radius 2 is 1.39 bits per heavy atom. The number of halogens is 1. The first-order chi connectivity index (χ1) is 22.0. The summed E-state index contributed by atoms with van der Waals surface area (Å²) < 4.78 is 4.91. The average Bonchev–Trinajstić information content (AvgIpc) is 3.49. The first-order valence-electron chi connectivity index (χ1n) is 16.0. The van der Waals surface area contributed by atoms with E-state index in [4.69, 9.17) is 0 Å². The molecule has 0 aliphatic heterocycles. The highest BCUT2D eigenvalue weighted by molar-refractivity contribution is 9.10. The maximum atomic E-state index is 12.8. The largest absolute Gasteiger partial charge is 0.357 e. The summed E-state index contributed by atoms with van der Waals surface area (Å²) in [4.78, 5) is 32.2. The van der Waals surface area contributed by atoms with Gasteiger partial charge >= 0.3 is 0 Å². The van der Waals surface area contributed by atoms with Crippen molar-refractivity contribution < 1.29 is 9.59 Å². The van der Waals surface area contributed by atoms with Crippen LogP contribution in [0.2, 0.25) is 0 Å². The summed E-state index contributed by atoms with van der Waals surface area (Å²) in [6, 6.07) is 18.3. The van der Waals surface area contributed by atoms with Crippen molar-refractivity contribution in [1.82, 2.24) is 24.3 Å². The van der Waals surface area contributed by atoms with Crippen molar-refractivity contribution in [3.05, 3.63) is 112 Å². The fraction of sp³-hybridized carbons (Fsp3) is 0.342. The molecule has 0 amide bonds. The molecular formula is C38H40BrN5O2. The Hall–Kier alpha value is -4.17. The van der Waals surface area contributed by atoms with Gasteiger partial charge in [0.25, 0.3) is 0 Å². The van der Waals surface area contributed by atoms with Gasteiger partial charge in [-0.1, -0.05) is 41.4 Å². The number of hydrogen-bond donors (Lipinski definition) is 2. The van der Waals surface area contributed by atoms with Crippen LogP contribution in [0.5, 0.6) is 0 Å². The number of H-pyrrole nitrogens is 2. The Labute approximate surface area is 277 Å². The van der Waals surface area contributed by atoms with Crippen LogP contribution in [-0.4, -0.2) is 35.9 Å². The lowest BCUT2D eigenvalue weighted by molar-refractivity contribution is 0.0955. The molecule has 6 aromatic rings. The molecular weight excluding hydrogens is 638 g/mol. The zero-order valence-corrected chi connectivity index (χ0v) is 28.6. The molecule has 2 N–H and O–H groups in total. The van der Waals surface area contributed by atoms with Crippen molar-refractivity contribution >= 4 is 49.3 Å². The summed E-state index contributed by atoms with van der Waals surface area (Å²) in [5.41, 5.74) is 7.15. The summed E-state index contributed by atoms with van der Waals surface area (Å²) in [5.74, 6) is 1.48. The number of nitrogens with zero attached hydrogens (tertiary/aromatic N) is 3. The van der Waals surface area contributed by atoms with Crippen LogP contribution >= 0.6 is 15.9 Å². The molecule has 46 heavy (non-hydrogen) atoms. The van der Waals surface area contributed by atoms with Gasteiger partial charge in [0, 0.05) is 82.6 Å². The Morgan fingerprint density at radius 1 is 0.826 bits per heavy atom. The normalized spacial score (nSPS) is 23.3. The minimum Gasteiger partial charge on any atom is -0.357 e. The van der Waals surface area contributed by atoms with Gasteiger partial charge < -0.3 is 14.5 Å². The molecule has 0 spiro atoms. The molecule has 8 heteroatoms. The fourth-order valence-electron chi connectivity index (χ4n) is 7.37. The van der Waals surface area contributed by atoms with E-state index in [1.165, 1.54) is 16.7 Å². The van der Waals surface area contributed by atoms with Crippen molar-refractivity contribution in [2.75, 3.05) is 0 Å². The van der Waals surface area contributed by atoms with Crippen molar-refractivity contribution in [3.8, 4) is 0 Å². The van der Waals surface area contributed by atoms with E-state index in [1.54, 1.807) is 0 Å². The monoisotopic (exact) mass is 677 g/mol. The molecule has 2 aromatic carbocycles. The number of Topliss-reactive ketones (excluding diaryl/α,β-unsaturated/α-hetero) is 2. The Kier molecular flexibility index (Phi) is 7.46. The number of aromatic nitrogens is 5. The van der Waals surface area contributed by atoms with E-state index in [9.17, 15) is 9.59 Å². The van der Waals surface area contributed by atoms with Gasteiger partial charge in [0.2, 0.25) is 0 Å². The van der Waals surface area contributed by atoms with Gasteiger partial charge in [0.15, 0.2) is 11.6 Å². The molecule has 4 atom stereocenters. The van der Waals surface area contributed by atoms with Crippen molar-refractivity contribution in [2.45, 2.75) is 57.3 Å². The van der Waals surface area contributed by atoms with Crippen LogP contribution in [0.4, 0.5) is 0 Å². The second-order valence-electron chi connectivity index (χ2n) is 13.9. The molecule has 2 saturated carbocycles. The van der Waals surface area contributed by atoms with E-state index >= 15 is 0 Å². The number of fused-ring (bicyclic) bond motifs is 2. The van der Waals surface area contributed by atoms with Crippen LogP contribution in [-0.2, 0) is 24.9 Å². The van der Waals surface area contributed by atoms with Gasteiger partial charge in [-0.2, -0.15) is 5.10 Å². The van der Waals surface area contributed by atoms with Gasteiger partial charge in [0.05, 0.1) is 17.6 Å². The predicted molar refractivity (Wildman–Crippen MR) is 186 cm³/mol. The molecule has 7 nitrogen and oxygen atoms in total. The van der Waals surface area contributed by atoms with Crippen molar-refractivity contribution in [3.63, 3.8) is 0 Å². The number of hydrogen-bond acceptors (Lipinski definition) is 3. The summed E-state index contributed by atoms with van der Waals surface area (Å²) in [6.07, 6.45) is 11.4. The molecule has 8 rings (SSSR count). The van der Waals surface area contributed by atoms with Crippen molar-refractivity contribution in [1.29, 1.82) is 0 Å². The van der Waals surface area contributed by atoms with Gasteiger partial charge in [-0.25, -0.2) is 0 Å². The third-order valence-electron chi connectivity index (χ3n) is 10.5. The van der Waals surface area contributed by atoms with E-state index in [-0.39, 0.29) is 22.4 Å². The van der Waals surface area contributed by atoms with Crippen LogP contribution in [0.15, 0.2) is 83.9 Å². The predicted octanol–water partition coefficient (Wildman–Crippen LogP) is 8.58. The zero-order valence-electron chi connectivity index (χ0n) is 27.0. The number of benzene rings is 2. The van der Waals surface area contributed by atoms with Gasteiger partial charge in [-0.15, -0.1) is 0 Å². The molecule has 0 unspecified atom stereocenters. The van der Waals surface area contributed by atoms with Crippen LogP contribution < -0.4 is 0 Å². The van der Waals surface area contributed by atoms with Crippen LogP contribution in [0, 0.1) is 18.8 Å². The topological polar surface area (TPSA) is 88.5 Å². The molecule has 2 aliphatic rings. The lowest BCUT2D eigenvalue weighted by Gasteiger charge is -2.14. The van der Waals surface area contributed by atoms with E-state index in [2.05, 4.69) is 86.9 Å². The highest BCUT2D eigenvalue weighted by atomic mass is 79.9. The third kappa shape index (κ3) is 5.57. The highest BCUT2D eigenvalue weighted by Crippen LogP contribution is 2.57. The molecule has 4 heterocycles. The number of nitrogens with one attached hydrogen (secondary N) is 2. The van der Waals surface area contributed by atoms with E-state index in [0.29, 0.717) is 36.1 Å². The summed E-state index contributed by atoms with van der Waals surface area (Å²) in [5, 5.41) is 6.45. The molecule has 2 aliphatic carbocycles. The minimum absolute atomic E-state index is 0.0240. The Bertz CT molecular complexity index is 1960. The number of rotatable bonds is 8. The van der Waals surface area contributed by atoms with Crippen LogP contribution in [0.3, 0.4) is 0 Å². The summed E-state index contributed by atoms with van der Waals surface area (Å²) >= 11 is 3.48. The number of ketones is 2.